The normalized spacial score (nSPS) is 12.1. The third kappa shape index (κ3) is 7.12. The number of fused-ring (bicyclic) bond motifs is 3. The predicted molar refractivity (Wildman–Crippen MR) is 185 cm³/mol. The Hall–Kier alpha value is -3.37. The average molecular weight is 775 g/mol. The van der Waals surface area contributed by atoms with Gasteiger partial charge in [0.1, 0.15) is 5.58 Å². The van der Waals surface area contributed by atoms with Crippen LogP contribution < -0.4 is 5.19 Å². The maximum absolute atomic E-state index is 6.40. The molecule has 0 saturated heterocycles. The molecule has 3 nitrogen and oxygen atoms in total. The summed E-state index contributed by atoms with van der Waals surface area (Å²) < 4.78 is 6.40. The van der Waals surface area contributed by atoms with Crippen molar-refractivity contribution in [2.45, 2.75) is 66.6 Å². The third-order valence-corrected chi connectivity index (χ3v) is 10.2. The molecule has 0 saturated carbocycles. The molecule has 0 aliphatic carbocycles. The zero-order valence-corrected chi connectivity index (χ0v) is 30.5. The van der Waals surface area contributed by atoms with Gasteiger partial charge in [-0.3, -0.25) is 0 Å². The first-order valence-electron chi connectivity index (χ1n) is 15.3. The van der Waals surface area contributed by atoms with Gasteiger partial charge in [-0.05, 0) is 61.2 Å². The summed E-state index contributed by atoms with van der Waals surface area (Å²) in [5.74, 6) is 1.14. The van der Waals surface area contributed by atoms with Crippen LogP contribution in [0.25, 0.3) is 44.5 Å². The fourth-order valence-electron chi connectivity index (χ4n) is 5.93. The van der Waals surface area contributed by atoms with Crippen molar-refractivity contribution in [2.24, 2.45) is 5.92 Å². The molecule has 3 aromatic heterocycles. The standard InChI is InChI=1S/C27H32NOSi.C12H10N.Ir/c1-8-19(17(2)3)22-16-28-23(15-18(22)4)20-13-14-25(30(5,6)7)26-21-11-9-10-12-24(21)29-27(20)26;1-10-7-8-13-12(9-10)11-5-3-2-4-6-11;/h9-12,14-17,19H,8H2,1-7H3;2-5,7-9H,1H3;/q2*-1;. The van der Waals surface area contributed by atoms with E-state index in [4.69, 9.17) is 9.40 Å². The Bertz CT molecular complexity index is 1850. The second-order valence-corrected chi connectivity index (χ2v) is 17.8. The van der Waals surface area contributed by atoms with Crippen molar-refractivity contribution in [3.05, 3.63) is 114 Å². The zero-order valence-electron chi connectivity index (χ0n) is 27.1. The van der Waals surface area contributed by atoms with E-state index in [0.717, 1.165) is 40.1 Å². The molecule has 1 radical (unpaired) electrons. The summed E-state index contributed by atoms with van der Waals surface area (Å²) in [5, 5.41) is 3.83. The van der Waals surface area contributed by atoms with E-state index in [1.807, 2.05) is 42.6 Å². The number of nitrogens with zero attached hydrogens (tertiary/aromatic N) is 2. The summed E-state index contributed by atoms with van der Waals surface area (Å²) in [6.07, 6.45) is 5.03. The maximum Gasteiger partial charge on any atom is 0.120 e. The molecule has 0 fully saturated rings. The van der Waals surface area contributed by atoms with Crippen molar-refractivity contribution in [1.29, 1.82) is 0 Å². The molecule has 0 aliphatic heterocycles. The summed E-state index contributed by atoms with van der Waals surface area (Å²) >= 11 is 0. The Morgan fingerprint density at radius 1 is 0.886 bits per heavy atom. The van der Waals surface area contributed by atoms with Crippen LogP contribution in [0.3, 0.4) is 0 Å². The fourth-order valence-corrected chi connectivity index (χ4v) is 7.43. The molecular weight excluding hydrogens is 733 g/mol. The number of hydrogen-bond donors (Lipinski definition) is 0. The molecular formula is C39H42IrN2OSi-2. The van der Waals surface area contributed by atoms with E-state index >= 15 is 0 Å². The second-order valence-electron chi connectivity index (χ2n) is 12.8. The minimum atomic E-state index is -1.57. The third-order valence-electron chi connectivity index (χ3n) is 8.21. The minimum absolute atomic E-state index is 0. The van der Waals surface area contributed by atoms with E-state index in [1.54, 1.807) is 0 Å². The molecule has 6 rings (SSSR count). The smallest absolute Gasteiger partial charge is 0.120 e. The second kappa shape index (κ2) is 14.2. The Labute approximate surface area is 277 Å². The number of benzene rings is 3. The van der Waals surface area contributed by atoms with Gasteiger partial charge in [-0.2, -0.15) is 0 Å². The van der Waals surface area contributed by atoms with Crippen LogP contribution in [0.4, 0.5) is 0 Å². The van der Waals surface area contributed by atoms with Crippen molar-refractivity contribution < 1.29 is 24.5 Å². The Balaban J connectivity index is 0.000000264. The van der Waals surface area contributed by atoms with Gasteiger partial charge in [0.2, 0.25) is 0 Å². The summed E-state index contributed by atoms with van der Waals surface area (Å²) in [6, 6.07) is 31.4. The van der Waals surface area contributed by atoms with Gasteiger partial charge >= 0.3 is 0 Å². The largest absolute Gasteiger partial charge is 0.501 e. The quantitative estimate of drug-likeness (QED) is 0.125. The first kappa shape index (κ1) is 33.5. The van der Waals surface area contributed by atoms with Crippen LogP contribution in [0, 0.1) is 31.9 Å². The van der Waals surface area contributed by atoms with Crippen LogP contribution >= 0.6 is 0 Å². The average Bonchev–Trinajstić information content (AvgIpc) is 3.38. The number of hydrogen-bond acceptors (Lipinski definition) is 3. The summed E-state index contributed by atoms with van der Waals surface area (Å²) in [4.78, 5) is 9.17. The molecule has 0 spiro atoms. The van der Waals surface area contributed by atoms with E-state index in [2.05, 4.69) is 114 Å². The van der Waals surface area contributed by atoms with Gasteiger partial charge in [0.15, 0.2) is 0 Å². The van der Waals surface area contributed by atoms with Crippen LogP contribution in [0.15, 0.2) is 89.6 Å². The molecule has 0 amide bonds. The summed E-state index contributed by atoms with van der Waals surface area (Å²) in [5.41, 5.74) is 9.69. The van der Waals surface area contributed by atoms with Crippen LogP contribution in [0.5, 0.6) is 0 Å². The number of aryl methyl sites for hydroxylation is 2. The maximum atomic E-state index is 6.40. The van der Waals surface area contributed by atoms with Gasteiger partial charge in [0.25, 0.3) is 0 Å². The Kier molecular flexibility index (Phi) is 10.8. The summed E-state index contributed by atoms with van der Waals surface area (Å²) in [7, 11) is -1.57. The van der Waals surface area contributed by atoms with E-state index in [0.29, 0.717) is 11.8 Å². The molecule has 5 heteroatoms. The molecule has 0 bridgehead atoms. The number of pyridine rings is 2. The van der Waals surface area contributed by atoms with Gasteiger partial charge in [0, 0.05) is 46.0 Å². The number of para-hydroxylation sites is 1. The molecule has 0 aliphatic rings. The monoisotopic (exact) mass is 775 g/mol. The molecule has 6 aromatic rings. The Morgan fingerprint density at radius 2 is 1.64 bits per heavy atom. The molecule has 3 aromatic carbocycles. The number of furan rings is 1. The van der Waals surface area contributed by atoms with Gasteiger partial charge < -0.3 is 14.4 Å². The van der Waals surface area contributed by atoms with Crippen LogP contribution in [-0.2, 0) is 20.1 Å². The van der Waals surface area contributed by atoms with Crippen molar-refractivity contribution >= 4 is 35.2 Å². The first-order valence-corrected chi connectivity index (χ1v) is 18.8. The number of rotatable bonds is 6. The van der Waals surface area contributed by atoms with E-state index in [9.17, 15) is 0 Å². The predicted octanol–water partition coefficient (Wildman–Crippen LogP) is 10.3. The van der Waals surface area contributed by atoms with E-state index < -0.39 is 8.07 Å². The first-order chi connectivity index (χ1) is 20.6. The minimum Gasteiger partial charge on any atom is -0.501 e. The molecule has 44 heavy (non-hydrogen) atoms. The molecule has 229 valence electrons. The molecule has 3 heterocycles. The zero-order chi connectivity index (χ0) is 30.7. The van der Waals surface area contributed by atoms with Gasteiger partial charge in [-0.15, -0.1) is 53.2 Å². The molecule has 1 unspecified atom stereocenters. The summed E-state index contributed by atoms with van der Waals surface area (Å²) in [6.45, 7) is 18.3. The van der Waals surface area contributed by atoms with Gasteiger partial charge in [-0.1, -0.05) is 92.8 Å². The van der Waals surface area contributed by atoms with Crippen molar-refractivity contribution in [3.8, 4) is 22.5 Å². The Morgan fingerprint density at radius 3 is 2.27 bits per heavy atom. The van der Waals surface area contributed by atoms with Crippen molar-refractivity contribution in [2.75, 3.05) is 0 Å². The number of aromatic nitrogens is 2. The van der Waals surface area contributed by atoms with Crippen LogP contribution in [-0.4, -0.2) is 18.0 Å². The van der Waals surface area contributed by atoms with Crippen LogP contribution in [0.1, 0.15) is 49.8 Å². The van der Waals surface area contributed by atoms with E-state index in [1.165, 1.54) is 32.6 Å². The van der Waals surface area contributed by atoms with Crippen molar-refractivity contribution in [1.82, 2.24) is 9.97 Å². The van der Waals surface area contributed by atoms with E-state index in [-0.39, 0.29) is 20.1 Å². The molecule has 1 atom stereocenters. The van der Waals surface area contributed by atoms with Gasteiger partial charge in [0.05, 0.1) is 5.58 Å². The van der Waals surface area contributed by atoms with Crippen molar-refractivity contribution in [3.63, 3.8) is 0 Å². The van der Waals surface area contributed by atoms with Crippen LogP contribution in [0.2, 0.25) is 19.6 Å². The SMILES string of the molecule is CCC(c1cnc(-c2[c-]cc([Si](C)(C)C)c3c2oc2ccccc23)cc1C)C(C)C.Cc1ccnc(-c2[c-]cccc2)c1.[Ir]. The topological polar surface area (TPSA) is 38.9 Å². The molecule has 0 N–H and O–H groups in total. The fraction of sp³-hybridized carbons (Fsp3) is 0.282. The van der Waals surface area contributed by atoms with Gasteiger partial charge in [-0.25, -0.2) is 0 Å².